The van der Waals surface area contributed by atoms with E-state index in [0.29, 0.717) is 5.56 Å². The lowest BCUT2D eigenvalue weighted by molar-refractivity contribution is -0.138. The molecule has 0 atom stereocenters. The number of allylic oxidation sites excluding steroid dienone is 1. The molecule has 0 bridgehead atoms. The Bertz CT molecular complexity index is 515. The van der Waals surface area contributed by atoms with Gasteiger partial charge in [0.05, 0.1) is 17.3 Å². The average Bonchev–Trinajstić information content (AvgIpc) is 2.32. The number of hydrogen-bond donors (Lipinski definition) is 2. The Hall–Kier alpha value is -1.88. The number of nitrogens with two attached hydrogens (primary N) is 1. The summed E-state index contributed by atoms with van der Waals surface area (Å²) in [5.41, 5.74) is 5.56. The van der Waals surface area contributed by atoms with E-state index in [1.807, 2.05) is 0 Å². The van der Waals surface area contributed by atoms with E-state index in [-0.39, 0.29) is 23.0 Å². The molecule has 0 aliphatic heterocycles. The molecule has 0 amide bonds. The third-order valence-electron chi connectivity index (χ3n) is 2.04. The van der Waals surface area contributed by atoms with Crippen molar-refractivity contribution in [1.82, 2.24) is 0 Å². The zero-order valence-corrected chi connectivity index (χ0v) is 10.4. The van der Waals surface area contributed by atoms with Crippen LogP contribution in [0.5, 0.6) is 0 Å². The first-order valence-corrected chi connectivity index (χ1v) is 5.51. The highest BCUT2D eigenvalue weighted by molar-refractivity contribution is 6.31. The summed E-state index contributed by atoms with van der Waals surface area (Å²) < 4.78 is 17.6. The second-order valence-corrected chi connectivity index (χ2v) is 3.77. The number of benzene rings is 1. The van der Waals surface area contributed by atoms with Crippen molar-refractivity contribution in [3.63, 3.8) is 0 Å². The summed E-state index contributed by atoms with van der Waals surface area (Å²) in [4.78, 5) is 11.2. The molecule has 0 spiro atoms. The first-order chi connectivity index (χ1) is 8.45. The lowest BCUT2D eigenvalue weighted by Gasteiger charge is -2.03. The van der Waals surface area contributed by atoms with Crippen LogP contribution in [0.4, 0.5) is 4.39 Å². The lowest BCUT2D eigenvalue weighted by Crippen LogP contribution is -2.16. The van der Waals surface area contributed by atoms with Gasteiger partial charge in [0.1, 0.15) is 11.5 Å². The number of carbonyl (C=O) groups excluding carboxylic acids is 1. The number of carbonyl (C=O) groups is 1. The molecule has 1 aromatic carbocycles. The number of rotatable bonds is 4. The van der Waals surface area contributed by atoms with Gasteiger partial charge in [-0.05, 0) is 31.2 Å². The average molecular weight is 271 g/mol. The molecule has 0 aromatic heterocycles. The van der Waals surface area contributed by atoms with E-state index >= 15 is 0 Å². The Morgan fingerprint density at radius 1 is 1.61 bits per heavy atom. The minimum atomic E-state index is -0.699. The quantitative estimate of drug-likeness (QED) is 0.500. The third-order valence-corrected chi connectivity index (χ3v) is 2.33. The fourth-order valence-corrected chi connectivity index (χ4v) is 1.36. The molecule has 6 heteroatoms. The van der Waals surface area contributed by atoms with Gasteiger partial charge in [0.15, 0.2) is 0 Å². The monoisotopic (exact) mass is 270 g/mol. The maximum absolute atomic E-state index is 12.9. The van der Waals surface area contributed by atoms with E-state index in [1.54, 1.807) is 6.92 Å². The van der Waals surface area contributed by atoms with Crippen molar-refractivity contribution in [2.45, 2.75) is 6.92 Å². The van der Waals surface area contributed by atoms with Crippen LogP contribution in [0.3, 0.4) is 0 Å². The lowest BCUT2D eigenvalue weighted by atomic mass is 10.1. The van der Waals surface area contributed by atoms with Gasteiger partial charge in [-0.3, -0.25) is 0 Å². The highest BCUT2D eigenvalue weighted by Crippen LogP contribution is 2.16. The Kier molecular flexibility index (Phi) is 4.85. The van der Waals surface area contributed by atoms with E-state index in [1.165, 1.54) is 12.1 Å². The minimum absolute atomic E-state index is 0.0533. The first-order valence-electron chi connectivity index (χ1n) is 5.14. The van der Waals surface area contributed by atoms with Crippen molar-refractivity contribution < 1.29 is 13.9 Å². The summed E-state index contributed by atoms with van der Waals surface area (Å²) in [5.74, 6) is -1.27. The van der Waals surface area contributed by atoms with Crippen LogP contribution in [0.1, 0.15) is 12.5 Å². The van der Waals surface area contributed by atoms with Crippen LogP contribution in [0, 0.1) is 11.2 Å². The van der Waals surface area contributed by atoms with Gasteiger partial charge in [0, 0.05) is 5.56 Å². The Labute approximate surface area is 109 Å². The van der Waals surface area contributed by atoms with Gasteiger partial charge in [-0.2, -0.15) is 0 Å². The van der Waals surface area contributed by atoms with E-state index in [9.17, 15) is 9.18 Å². The minimum Gasteiger partial charge on any atom is -0.461 e. The molecule has 0 fully saturated rings. The Morgan fingerprint density at radius 3 is 2.83 bits per heavy atom. The molecule has 3 N–H and O–H groups in total. The number of nitrogens with one attached hydrogen (secondary N) is 1. The topological polar surface area (TPSA) is 76.2 Å². The van der Waals surface area contributed by atoms with Gasteiger partial charge < -0.3 is 15.9 Å². The van der Waals surface area contributed by atoms with Crippen LogP contribution in [0.25, 0.3) is 0 Å². The van der Waals surface area contributed by atoms with Crippen LogP contribution in [-0.2, 0) is 9.53 Å². The van der Waals surface area contributed by atoms with E-state index in [0.717, 1.165) is 12.1 Å². The van der Waals surface area contributed by atoms with Gasteiger partial charge in [0.2, 0.25) is 0 Å². The van der Waals surface area contributed by atoms with Crippen LogP contribution in [0.15, 0.2) is 30.0 Å². The molecule has 0 heterocycles. The molecule has 96 valence electrons. The van der Waals surface area contributed by atoms with Crippen molar-refractivity contribution in [1.29, 1.82) is 5.41 Å². The molecule has 0 aliphatic rings. The number of esters is 1. The number of hydrogen-bond acceptors (Lipinski definition) is 4. The fraction of sp³-hybridized carbons (Fsp3) is 0.167. The molecular formula is C12H12ClFN2O2. The predicted octanol–water partition coefficient (Wildman–Crippen LogP) is 2.25. The van der Waals surface area contributed by atoms with E-state index < -0.39 is 11.8 Å². The van der Waals surface area contributed by atoms with E-state index in [4.69, 9.17) is 22.7 Å². The summed E-state index contributed by atoms with van der Waals surface area (Å²) >= 11 is 5.59. The van der Waals surface area contributed by atoms with Crippen molar-refractivity contribution in [3.8, 4) is 0 Å². The highest BCUT2D eigenvalue weighted by Gasteiger charge is 2.09. The van der Waals surface area contributed by atoms with Gasteiger partial charge in [-0.15, -0.1) is 0 Å². The summed E-state index contributed by atoms with van der Waals surface area (Å²) in [7, 11) is 0. The molecule has 0 aliphatic carbocycles. The summed E-state index contributed by atoms with van der Waals surface area (Å²) in [6.45, 7) is 1.85. The zero-order chi connectivity index (χ0) is 13.7. The largest absolute Gasteiger partial charge is 0.461 e. The highest BCUT2D eigenvalue weighted by atomic mass is 35.5. The molecular weight excluding hydrogens is 259 g/mol. The second-order valence-electron chi connectivity index (χ2n) is 3.36. The first kappa shape index (κ1) is 14.2. The van der Waals surface area contributed by atoms with Gasteiger partial charge in [-0.25, -0.2) is 9.18 Å². The third kappa shape index (κ3) is 3.56. The van der Waals surface area contributed by atoms with E-state index in [2.05, 4.69) is 4.74 Å². The zero-order valence-electron chi connectivity index (χ0n) is 9.67. The fourth-order valence-electron chi connectivity index (χ4n) is 1.18. The van der Waals surface area contributed by atoms with Crippen molar-refractivity contribution >= 4 is 23.3 Å². The van der Waals surface area contributed by atoms with Crippen LogP contribution in [0.2, 0.25) is 5.02 Å². The summed E-state index contributed by atoms with van der Waals surface area (Å²) in [5, 5.41) is 7.61. The van der Waals surface area contributed by atoms with Crippen LogP contribution < -0.4 is 5.73 Å². The van der Waals surface area contributed by atoms with Crippen molar-refractivity contribution in [2.75, 3.05) is 6.61 Å². The molecule has 0 saturated carbocycles. The smallest absolute Gasteiger partial charge is 0.354 e. The number of halogens is 2. The standard InChI is InChI=1S/C12H12ClFN2O2/c1-2-18-12(17)11(16)6-10(15)7-3-4-9(14)8(13)5-7/h3-6,15H,2,16H2,1H3/b11-6-,15-10?. The van der Waals surface area contributed by atoms with Crippen molar-refractivity contribution in [2.24, 2.45) is 5.73 Å². The molecule has 18 heavy (non-hydrogen) atoms. The molecule has 1 rings (SSSR count). The number of ether oxygens (including phenoxy) is 1. The van der Waals surface area contributed by atoms with Crippen LogP contribution >= 0.6 is 11.6 Å². The molecule has 0 saturated heterocycles. The molecule has 1 aromatic rings. The predicted molar refractivity (Wildman–Crippen MR) is 67.1 cm³/mol. The maximum atomic E-state index is 12.9. The van der Waals surface area contributed by atoms with Crippen molar-refractivity contribution in [3.05, 3.63) is 46.4 Å². The summed E-state index contributed by atoms with van der Waals surface area (Å²) in [6.07, 6.45) is 1.14. The molecule has 0 radical (unpaired) electrons. The van der Waals surface area contributed by atoms with Gasteiger partial charge in [0.25, 0.3) is 0 Å². The van der Waals surface area contributed by atoms with Gasteiger partial charge in [-0.1, -0.05) is 11.6 Å². The maximum Gasteiger partial charge on any atom is 0.354 e. The van der Waals surface area contributed by atoms with Gasteiger partial charge >= 0.3 is 5.97 Å². The Morgan fingerprint density at radius 2 is 2.28 bits per heavy atom. The molecule has 4 nitrogen and oxygen atoms in total. The normalized spacial score (nSPS) is 11.2. The summed E-state index contributed by atoms with van der Waals surface area (Å²) in [6, 6.07) is 3.80. The SMILES string of the molecule is CCOC(=O)/C(N)=C/C(=N)c1ccc(F)c(Cl)c1. The molecule has 0 unspecified atom stereocenters. The van der Waals surface area contributed by atoms with Crippen LogP contribution in [-0.4, -0.2) is 18.3 Å². The second kappa shape index (κ2) is 6.16. The Balaban J connectivity index is 2.91.